The molecule has 0 heterocycles. The summed E-state index contributed by atoms with van der Waals surface area (Å²) in [5.41, 5.74) is 1.26. The molecule has 19 heavy (non-hydrogen) atoms. The molecule has 0 aromatic heterocycles. The van der Waals surface area contributed by atoms with Crippen LogP contribution in [-0.2, 0) is 0 Å². The molecule has 0 radical (unpaired) electrons. The van der Waals surface area contributed by atoms with Crippen molar-refractivity contribution in [3.05, 3.63) is 23.8 Å². The van der Waals surface area contributed by atoms with Crippen molar-refractivity contribution in [2.24, 2.45) is 5.92 Å². The Hall–Kier alpha value is -1.18. The van der Waals surface area contributed by atoms with Gasteiger partial charge in [-0.05, 0) is 36.5 Å². The summed E-state index contributed by atoms with van der Waals surface area (Å²) in [7, 11) is 3.44. The van der Waals surface area contributed by atoms with E-state index in [2.05, 4.69) is 26.8 Å². The molecule has 2 unspecified atom stereocenters. The van der Waals surface area contributed by atoms with Crippen molar-refractivity contribution in [1.82, 2.24) is 0 Å². The van der Waals surface area contributed by atoms with E-state index in [0.29, 0.717) is 5.92 Å². The van der Waals surface area contributed by atoms with E-state index in [9.17, 15) is 0 Å². The first-order chi connectivity index (χ1) is 9.12. The first kappa shape index (κ1) is 15.9. The van der Waals surface area contributed by atoms with Crippen molar-refractivity contribution in [3.63, 3.8) is 0 Å². The molecule has 2 nitrogen and oxygen atoms in total. The number of benzene rings is 1. The Balaban J connectivity index is 2.71. The molecular formula is C17H28O2. The minimum atomic E-state index is 0.504. The third-order valence-corrected chi connectivity index (χ3v) is 3.84. The van der Waals surface area contributed by atoms with Crippen LogP contribution in [0.5, 0.6) is 11.5 Å². The lowest BCUT2D eigenvalue weighted by atomic mass is 9.90. The highest BCUT2D eigenvalue weighted by Gasteiger charge is 2.14. The van der Waals surface area contributed by atoms with Gasteiger partial charge in [0.1, 0.15) is 11.5 Å². The molecule has 0 aliphatic rings. The summed E-state index contributed by atoms with van der Waals surface area (Å²) in [5.74, 6) is 3.19. The normalized spacial score (nSPS) is 13.9. The average molecular weight is 264 g/mol. The van der Waals surface area contributed by atoms with E-state index in [1.165, 1.54) is 31.2 Å². The van der Waals surface area contributed by atoms with E-state index in [0.717, 1.165) is 17.4 Å². The summed E-state index contributed by atoms with van der Waals surface area (Å²) >= 11 is 0. The predicted molar refractivity (Wildman–Crippen MR) is 81.3 cm³/mol. The van der Waals surface area contributed by atoms with Crippen molar-refractivity contribution in [2.45, 2.75) is 52.4 Å². The standard InChI is InChI=1S/C17H28O2/c1-6-7-13(2)8-9-14(3)16-12-15(18-4)10-11-17(16)19-5/h10-14H,6-9H2,1-5H3. The van der Waals surface area contributed by atoms with E-state index in [4.69, 9.17) is 9.47 Å². The first-order valence-corrected chi connectivity index (χ1v) is 7.34. The summed E-state index contributed by atoms with van der Waals surface area (Å²) in [6, 6.07) is 6.06. The van der Waals surface area contributed by atoms with Crippen molar-refractivity contribution < 1.29 is 9.47 Å². The van der Waals surface area contributed by atoms with E-state index in [-0.39, 0.29) is 0 Å². The van der Waals surface area contributed by atoms with E-state index < -0.39 is 0 Å². The molecule has 1 aromatic carbocycles. The van der Waals surface area contributed by atoms with Gasteiger partial charge < -0.3 is 9.47 Å². The zero-order valence-electron chi connectivity index (χ0n) is 13.0. The lowest BCUT2D eigenvalue weighted by Crippen LogP contribution is -2.02. The Morgan fingerprint density at radius 1 is 1.00 bits per heavy atom. The molecule has 0 aliphatic heterocycles. The molecule has 0 N–H and O–H groups in total. The van der Waals surface area contributed by atoms with Gasteiger partial charge >= 0.3 is 0 Å². The van der Waals surface area contributed by atoms with Crippen LogP contribution in [0.2, 0.25) is 0 Å². The molecule has 2 atom stereocenters. The summed E-state index contributed by atoms with van der Waals surface area (Å²) in [6.07, 6.45) is 5.07. The summed E-state index contributed by atoms with van der Waals surface area (Å²) < 4.78 is 10.8. The topological polar surface area (TPSA) is 18.5 Å². The molecule has 0 aliphatic carbocycles. The van der Waals surface area contributed by atoms with Gasteiger partial charge in [-0.2, -0.15) is 0 Å². The molecule has 1 rings (SSSR count). The Morgan fingerprint density at radius 3 is 2.32 bits per heavy atom. The van der Waals surface area contributed by atoms with Crippen LogP contribution in [0.1, 0.15) is 57.9 Å². The molecule has 0 amide bonds. The molecule has 0 fully saturated rings. The van der Waals surface area contributed by atoms with Gasteiger partial charge in [0.2, 0.25) is 0 Å². The highest BCUT2D eigenvalue weighted by Crippen LogP contribution is 2.33. The number of rotatable bonds is 8. The van der Waals surface area contributed by atoms with Crippen LogP contribution in [0.4, 0.5) is 0 Å². The third-order valence-electron chi connectivity index (χ3n) is 3.84. The fourth-order valence-corrected chi connectivity index (χ4v) is 2.55. The summed E-state index contributed by atoms with van der Waals surface area (Å²) in [6.45, 7) is 6.88. The lowest BCUT2D eigenvalue weighted by molar-refractivity contribution is 0.390. The molecule has 0 saturated carbocycles. The molecule has 0 spiro atoms. The fraction of sp³-hybridized carbons (Fsp3) is 0.647. The van der Waals surface area contributed by atoms with Crippen LogP contribution in [0.3, 0.4) is 0 Å². The number of hydrogen-bond acceptors (Lipinski definition) is 2. The Labute approximate surface area is 118 Å². The number of ether oxygens (including phenoxy) is 2. The second-order valence-corrected chi connectivity index (χ2v) is 5.48. The monoisotopic (exact) mass is 264 g/mol. The van der Waals surface area contributed by atoms with E-state index in [1.807, 2.05) is 12.1 Å². The number of methoxy groups -OCH3 is 2. The van der Waals surface area contributed by atoms with Crippen LogP contribution in [0.15, 0.2) is 18.2 Å². The van der Waals surface area contributed by atoms with Crippen LogP contribution in [0, 0.1) is 5.92 Å². The van der Waals surface area contributed by atoms with Gasteiger partial charge in [0.25, 0.3) is 0 Å². The molecular weight excluding hydrogens is 236 g/mol. The quantitative estimate of drug-likeness (QED) is 0.656. The van der Waals surface area contributed by atoms with Gasteiger partial charge in [-0.15, -0.1) is 0 Å². The zero-order valence-corrected chi connectivity index (χ0v) is 13.0. The lowest BCUT2D eigenvalue weighted by Gasteiger charge is -2.18. The second kappa shape index (κ2) is 8.08. The van der Waals surface area contributed by atoms with Crippen molar-refractivity contribution in [1.29, 1.82) is 0 Å². The van der Waals surface area contributed by atoms with Gasteiger partial charge in [-0.25, -0.2) is 0 Å². The zero-order chi connectivity index (χ0) is 14.3. The molecule has 1 aromatic rings. The van der Waals surface area contributed by atoms with Crippen LogP contribution in [-0.4, -0.2) is 14.2 Å². The fourth-order valence-electron chi connectivity index (χ4n) is 2.55. The Bertz CT molecular complexity index is 374. The Morgan fingerprint density at radius 2 is 1.74 bits per heavy atom. The highest BCUT2D eigenvalue weighted by molar-refractivity contribution is 5.42. The largest absolute Gasteiger partial charge is 0.497 e. The molecule has 108 valence electrons. The van der Waals surface area contributed by atoms with Crippen molar-refractivity contribution >= 4 is 0 Å². The molecule has 0 saturated heterocycles. The van der Waals surface area contributed by atoms with Gasteiger partial charge in [0, 0.05) is 5.56 Å². The number of hydrogen-bond donors (Lipinski definition) is 0. The summed E-state index contributed by atoms with van der Waals surface area (Å²) in [4.78, 5) is 0. The second-order valence-electron chi connectivity index (χ2n) is 5.48. The minimum absolute atomic E-state index is 0.504. The van der Waals surface area contributed by atoms with Gasteiger partial charge in [0.15, 0.2) is 0 Å². The Kier molecular flexibility index (Phi) is 6.75. The van der Waals surface area contributed by atoms with Crippen LogP contribution in [0.25, 0.3) is 0 Å². The van der Waals surface area contributed by atoms with Crippen molar-refractivity contribution in [3.8, 4) is 11.5 Å². The van der Waals surface area contributed by atoms with E-state index >= 15 is 0 Å². The molecule has 2 heteroatoms. The summed E-state index contributed by atoms with van der Waals surface area (Å²) in [5, 5.41) is 0. The van der Waals surface area contributed by atoms with Gasteiger partial charge in [-0.1, -0.05) is 40.0 Å². The smallest absolute Gasteiger partial charge is 0.122 e. The first-order valence-electron chi connectivity index (χ1n) is 7.34. The highest BCUT2D eigenvalue weighted by atomic mass is 16.5. The third kappa shape index (κ3) is 4.77. The molecule has 0 bridgehead atoms. The van der Waals surface area contributed by atoms with Crippen LogP contribution < -0.4 is 9.47 Å². The SMILES string of the molecule is CCCC(C)CCC(C)c1cc(OC)ccc1OC. The minimum Gasteiger partial charge on any atom is -0.497 e. The average Bonchev–Trinajstić information content (AvgIpc) is 2.44. The van der Waals surface area contributed by atoms with Crippen molar-refractivity contribution in [2.75, 3.05) is 14.2 Å². The maximum Gasteiger partial charge on any atom is 0.122 e. The maximum atomic E-state index is 5.46. The van der Waals surface area contributed by atoms with Gasteiger partial charge in [0.05, 0.1) is 14.2 Å². The van der Waals surface area contributed by atoms with Crippen LogP contribution >= 0.6 is 0 Å². The maximum absolute atomic E-state index is 5.46. The van der Waals surface area contributed by atoms with Gasteiger partial charge in [-0.3, -0.25) is 0 Å². The van der Waals surface area contributed by atoms with E-state index in [1.54, 1.807) is 14.2 Å². The predicted octanol–water partition coefficient (Wildman–Crippen LogP) is 5.02.